The number of nitrogens with one attached hydrogen (secondary N) is 1. The third kappa shape index (κ3) is 3.01. The number of hydrogen-bond donors (Lipinski definition) is 1. The van der Waals surface area contributed by atoms with Crippen molar-refractivity contribution in [2.45, 2.75) is 43.4 Å². The lowest BCUT2D eigenvalue weighted by atomic mass is 10.3. The van der Waals surface area contributed by atoms with Crippen LogP contribution < -0.4 is 5.32 Å². The summed E-state index contributed by atoms with van der Waals surface area (Å²) in [7, 11) is -1.54. The van der Waals surface area contributed by atoms with Crippen LogP contribution in [0.5, 0.6) is 0 Å². The van der Waals surface area contributed by atoms with Crippen molar-refractivity contribution in [3.63, 3.8) is 0 Å². The summed E-state index contributed by atoms with van der Waals surface area (Å²) < 4.78 is 34.7. The van der Waals surface area contributed by atoms with Crippen molar-refractivity contribution < 1.29 is 13.2 Å². The van der Waals surface area contributed by atoms with E-state index in [9.17, 15) is 8.42 Å². The lowest BCUT2D eigenvalue weighted by Gasteiger charge is -2.29. The van der Waals surface area contributed by atoms with E-state index in [4.69, 9.17) is 4.74 Å². The van der Waals surface area contributed by atoms with Gasteiger partial charge in [-0.2, -0.15) is 4.31 Å². The summed E-state index contributed by atoms with van der Waals surface area (Å²) in [6, 6.07) is 2.28. The molecule has 6 nitrogen and oxygen atoms in total. The largest absolute Gasteiger partial charge is 0.376 e. The second-order valence-electron chi connectivity index (χ2n) is 5.88. The minimum Gasteiger partial charge on any atom is -0.376 e. The Bertz CT molecular complexity index is 607. The van der Waals surface area contributed by atoms with Gasteiger partial charge in [0.2, 0.25) is 10.0 Å². The molecule has 0 radical (unpaired) electrons. The molecule has 1 aliphatic heterocycles. The summed E-state index contributed by atoms with van der Waals surface area (Å²) in [6.45, 7) is 3.92. The summed E-state index contributed by atoms with van der Waals surface area (Å²) in [4.78, 5) is 0.411. The summed E-state index contributed by atoms with van der Waals surface area (Å²) in [5, 5.41) is 3.11. The highest BCUT2D eigenvalue weighted by atomic mass is 32.2. The number of aromatic nitrogens is 1. The monoisotopic (exact) mass is 313 g/mol. The van der Waals surface area contributed by atoms with E-state index in [0.29, 0.717) is 37.2 Å². The molecule has 1 aromatic rings. The Morgan fingerprint density at radius 1 is 1.43 bits per heavy atom. The average molecular weight is 313 g/mol. The number of nitrogens with zero attached hydrogens (tertiary/aromatic N) is 2. The fourth-order valence-electron chi connectivity index (χ4n) is 2.81. The lowest BCUT2D eigenvalue weighted by Crippen LogP contribution is -2.44. The highest BCUT2D eigenvalue weighted by molar-refractivity contribution is 7.89. The molecule has 3 rings (SSSR count). The molecule has 2 fully saturated rings. The maximum atomic E-state index is 12.8. The maximum absolute atomic E-state index is 12.8. The zero-order valence-electron chi connectivity index (χ0n) is 12.6. The Balaban J connectivity index is 1.89. The molecule has 2 aliphatic rings. The van der Waals surface area contributed by atoms with Gasteiger partial charge in [-0.25, -0.2) is 8.42 Å². The number of sulfonamides is 1. The Kier molecular flexibility index (Phi) is 4.09. The van der Waals surface area contributed by atoms with Gasteiger partial charge in [-0.3, -0.25) is 0 Å². The molecule has 1 saturated heterocycles. The molecular formula is C14H23N3O3S. The Morgan fingerprint density at radius 2 is 2.19 bits per heavy atom. The molecule has 0 spiro atoms. The molecule has 1 aromatic heterocycles. The fraction of sp³-hybridized carbons (Fsp3) is 0.714. The predicted molar refractivity (Wildman–Crippen MR) is 79.6 cm³/mol. The SMILES string of the molecule is CNCc1cc(S(=O)(=O)N2CCOC(C)C2)cn1C1CC1. The van der Waals surface area contributed by atoms with Gasteiger partial charge < -0.3 is 14.6 Å². The number of morpholine rings is 1. The lowest BCUT2D eigenvalue weighted by molar-refractivity contribution is 0.0102. The van der Waals surface area contributed by atoms with E-state index in [-0.39, 0.29) is 6.10 Å². The van der Waals surface area contributed by atoms with Gasteiger partial charge in [0.1, 0.15) is 4.90 Å². The van der Waals surface area contributed by atoms with Crippen LogP contribution in [0, 0.1) is 0 Å². The maximum Gasteiger partial charge on any atom is 0.244 e. The van der Waals surface area contributed by atoms with Gasteiger partial charge in [0.25, 0.3) is 0 Å². The first-order chi connectivity index (χ1) is 10.0. The molecule has 1 N–H and O–H groups in total. The van der Waals surface area contributed by atoms with Crippen LogP contribution in [-0.2, 0) is 21.3 Å². The van der Waals surface area contributed by atoms with Gasteiger partial charge in [-0.15, -0.1) is 0 Å². The zero-order valence-corrected chi connectivity index (χ0v) is 13.4. The summed E-state index contributed by atoms with van der Waals surface area (Å²) in [5.41, 5.74) is 1.04. The van der Waals surface area contributed by atoms with Gasteiger partial charge in [-0.05, 0) is 32.9 Å². The van der Waals surface area contributed by atoms with Gasteiger partial charge >= 0.3 is 0 Å². The minimum absolute atomic E-state index is 0.0455. The van der Waals surface area contributed by atoms with Crippen molar-refractivity contribution in [3.05, 3.63) is 18.0 Å². The smallest absolute Gasteiger partial charge is 0.244 e. The average Bonchev–Trinajstić information content (AvgIpc) is 3.20. The molecule has 118 valence electrons. The van der Waals surface area contributed by atoms with E-state index >= 15 is 0 Å². The summed E-state index contributed by atoms with van der Waals surface area (Å²) >= 11 is 0. The van der Waals surface area contributed by atoms with Crippen molar-refractivity contribution in [2.75, 3.05) is 26.7 Å². The summed E-state index contributed by atoms with van der Waals surface area (Å²) in [5.74, 6) is 0. The molecule has 1 saturated carbocycles. The normalized spacial score (nSPS) is 24.4. The first-order valence-electron chi connectivity index (χ1n) is 7.49. The van der Waals surface area contributed by atoms with Crippen LogP contribution in [-0.4, -0.2) is 50.1 Å². The van der Waals surface area contributed by atoms with E-state index in [0.717, 1.165) is 18.5 Å². The first-order valence-corrected chi connectivity index (χ1v) is 8.93. The fourth-order valence-corrected chi connectivity index (χ4v) is 4.36. The van der Waals surface area contributed by atoms with Crippen LogP contribution >= 0.6 is 0 Å². The van der Waals surface area contributed by atoms with Crippen LogP contribution in [0.25, 0.3) is 0 Å². The predicted octanol–water partition coefficient (Wildman–Crippen LogP) is 0.952. The molecule has 7 heteroatoms. The number of ether oxygens (including phenoxy) is 1. The van der Waals surface area contributed by atoms with Crippen molar-refractivity contribution in [1.29, 1.82) is 0 Å². The van der Waals surface area contributed by atoms with E-state index in [1.54, 1.807) is 6.20 Å². The molecule has 0 bridgehead atoms. The molecule has 1 unspecified atom stereocenters. The highest BCUT2D eigenvalue weighted by Gasteiger charge is 2.32. The van der Waals surface area contributed by atoms with E-state index in [1.165, 1.54) is 4.31 Å². The molecular weight excluding hydrogens is 290 g/mol. The molecule has 0 aromatic carbocycles. The van der Waals surface area contributed by atoms with Crippen LogP contribution in [0.4, 0.5) is 0 Å². The molecule has 1 aliphatic carbocycles. The molecule has 1 atom stereocenters. The van der Waals surface area contributed by atoms with Crippen LogP contribution in [0.15, 0.2) is 17.2 Å². The zero-order chi connectivity index (χ0) is 15.0. The van der Waals surface area contributed by atoms with Crippen LogP contribution in [0.3, 0.4) is 0 Å². The first kappa shape index (κ1) is 15.0. The Labute approximate surface area is 126 Å². The molecule has 2 heterocycles. The standard InChI is InChI=1S/C14H23N3O3S/c1-11-9-16(5-6-20-11)21(18,19)14-7-13(8-15-2)17(10-14)12-3-4-12/h7,10-12,15H,3-6,8-9H2,1-2H3. The van der Waals surface area contributed by atoms with Crippen LogP contribution in [0.2, 0.25) is 0 Å². The van der Waals surface area contributed by atoms with Gasteiger partial charge in [-0.1, -0.05) is 0 Å². The van der Waals surface area contributed by atoms with Crippen molar-refractivity contribution in [3.8, 4) is 0 Å². The third-order valence-corrected chi connectivity index (χ3v) is 5.88. The molecule has 0 amide bonds. The number of rotatable bonds is 5. The van der Waals surface area contributed by atoms with E-state index in [1.807, 2.05) is 20.0 Å². The highest BCUT2D eigenvalue weighted by Crippen LogP contribution is 2.37. The summed E-state index contributed by atoms with van der Waals surface area (Å²) in [6.07, 6.45) is 4.04. The number of hydrogen-bond acceptors (Lipinski definition) is 4. The molecule has 21 heavy (non-hydrogen) atoms. The topological polar surface area (TPSA) is 63.6 Å². The van der Waals surface area contributed by atoms with Crippen molar-refractivity contribution in [1.82, 2.24) is 14.2 Å². The van der Waals surface area contributed by atoms with E-state index < -0.39 is 10.0 Å². The third-order valence-electron chi connectivity index (χ3n) is 4.05. The van der Waals surface area contributed by atoms with Crippen molar-refractivity contribution >= 4 is 10.0 Å². The Hall–Kier alpha value is -0.890. The van der Waals surface area contributed by atoms with Gasteiger partial charge in [0.05, 0.1) is 12.7 Å². The van der Waals surface area contributed by atoms with Crippen molar-refractivity contribution in [2.24, 2.45) is 0 Å². The minimum atomic E-state index is -3.42. The van der Waals surface area contributed by atoms with Gasteiger partial charge in [0.15, 0.2) is 0 Å². The quantitative estimate of drug-likeness (QED) is 0.879. The Morgan fingerprint density at radius 3 is 2.81 bits per heavy atom. The van der Waals surface area contributed by atoms with E-state index in [2.05, 4.69) is 9.88 Å². The van der Waals surface area contributed by atoms with Gasteiger partial charge in [0, 0.05) is 37.6 Å². The second-order valence-corrected chi connectivity index (χ2v) is 7.82. The second kappa shape index (κ2) is 5.72. The van der Waals surface area contributed by atoms with Crippen LogP contribution in [0.1, 0.15) is 31.5 Å².